The number of ether oxygens (including phenoxy) is 1. The second-order valence-corrected chi connectivity index (χ2v) is 8.10. The molecule has 0 spiro atoms. The molecule has 0 bridgehead atoms. The fraction of sp³-hybridized carbons (Fsp3) is 0.900. The lowest BCUT2D eigenvalue weighted by atomic mass is 9.95. The van der Waals surface area contributed by atoms with Gasteiger partial charge in [0, 0.05) is 0 Å². The van der Waals surface area contributed by atoms with Crippen LogP contribution in [0.4, 0.5) is 0 Å². The van der Waals surface area contributed by atoms with Gasteiger partial charge in [-0.25, -0.2) is 0 Å². The van der Waals surface area contributed by atoms with Crippen molar-refractivity contribution >= 4 is 26.2 Å². The molecule has 0 radical (unpaired) electrons. The van der Waals surface area contributed by atoms with Crippen LogP contribution >= 0.6 is 0 Å². The van der Waals surface area contributed by atoms with Crippen molar-refractivity contribution in [3.63, 3.8) is 0 Å². The van der Waals surface area contributed by atoms with E-state index in [1.54, 1.807) is 6.92 Å². The van der Waals surface area contributed by atoms with Crippen LogP contribution in [-0.4, -0.2) is 52.1 Å². The Morgan fingerprint density at radius 3 is 2.15 bits per heavy atom. The van der Waals surface area contributed by atoms with Crippen molar-refractivity contribution in [2.75, 3.05) is 24.7 Å². The Hall–Kier alpha value is -0.710. The van der Waals surface area contributed by atoms with Gasteiger partial charge in [-0.3, -0.25) is 13.5 Å². The van der Waals surface area contributed by atoms with Crippen molar-refractivity contribution in [1.29, 1.82) is 0 Å². The van der Waals surface area contributed by atoms with Gasteiger partial charge in [-0.15, -0.1) is 0 Å². The van der Waals surface area contributed by atoms with E-state index in [1.165, 1.54) is 13.8 Å². The zero-order valence-electron chi connectivity index (χ0n) is 11.7. The number of hydrogen-bond donors (Lipinski definition) is 1. The summed E-state index contributed by atoms with van der Waals surface area (Å²) in [7, 11) is -8.17. The van der Waals surface area contributed by atoms with Gasteiger partial charge in [0.1, 0.15) is 0 Å². The van der Waals surface area contributed by atoms with Crippen LogP contribution in [-0.2, 0) is 34.0 Å². The second kappa shape index (κ2) is 7.34. The lowest BCUT2D eigenvalue weighted by Gasteiger charge is -2.21. The van der Waals surface area contributed by atoms with E-state index in [-0.39, 0.29) is 13.0 Å². The van der Waals surface area contributed by atoms with Gasteiger partial charge in [-0.05, 0) is 27.2 Å². The van der Waals surface area contributed by atoms with E-state index in [0.717, 1.165) is 0 Å². The smallest absolute Gasteiger partial charge is 0.313 e. The summed E-state index contributed by atoms with van der Waals surface area (Å²) < 4.78 is 61.8. The van der Waals surface area contributed by atoms with Crippen molar-refractivity contribution in [3.05, 3.63) is 0 Å². The first kappa shape index (κ1) is 19.3. The third-order valence-corrected chi connectivity index (χ3v) is 4.29. The monoisotopic (exact) mass is 332 g/mol. The number of hydrogen-bond acceptors (Lipinski definition) is 7. The molecule has 0 aliphatic carbocycles. The molecule has 0 aromatic rings. The fourth-order valence-corrected chi connectivity index (χ4v) is 2.88. The number of rotatable bonds is 9. The molecule has 0 fully saturated rings. The Bertz CT molecular complexity index is 517. The van der Waals surface area contributed by atoms with Crippen LogP contribution in [0.15, 0.2) is 0 Å². The summed E-state index contributed by atoms with van der Waals surface area (Å²) in [6.45, 7) is 4.34. The first-order chi connectivity index (χ1) is 8.90. The van der Waals surface area contributed by atoms with E-state index < -0.39 is 49.7 Å². The zero-order chi connectivity index (χ0) is 16.0. The highest BCUT2D eigenvalue weighted by atomic mass is 32.2. The molecule has 0 amide bonds. The van der Waals surface area contributed by atoms with E-state index in [9.17, 15) is 21.6 Å². The van der Waals surface area contributed by atoms with Gasteiger partial charge in [0.2, 0.25) is 0 Å². The summed E-state index contributed by atoms with van der Waals surface area (Å²) in [4.78, 5) is 11.5. The van der Waals surface area contributed by atoms with E-state index >= 15 is 0 Å². The number of esters is 1. The molecule has 1 N–H and O–H groups in total. The Balaban J connectivity index is 4.38. The molecule has 0 rings (SSSR count). The molecule has 0 aliphatic rings. The Kier molecular flexibility index (Phi) is 7.08. The van der Waals surface area contributed by atoms with Crippen LogP contribution in [0.1, 0.15) is 27.2 Å². The molecule has 0 unspecified atom stereocenters. The molecule has 8 nitrogen and oxygen atoms in total. The highest BCUT2D eigenvalue weighted by molar-refractivity contribution is 7.87. The molecular formula is C10H20O8S2. The largest absolute Gasteiger partial charge is 0.466 e. The molecule has 120 valence electrons. The van der Waals surface area contributed by atoms with Crippen molar-refractivity contribution in [3.8, 4) is 0 Å². The SMILES string of the molecule is CCOC(=O)C(C)(C)COS(=O)(=O)CCCS(=O)(=O)O. The van der Waals surface area contributed by atoms with Crippen LogP contribution in [0, 0.1) is 5.41 Å². The van der Waals surface area contributed by atoms with Crippen molar-refractivity contribution in [2.45, 2.75) is 27.2 Å². The Morgan fingerprint density at radius 2 is 1.70 bits per heavy atom. The average molecular weight is 332 g/mol. The van der Waals surface area contributed by atoms with Crippen molar-refractivity contribution < 1.29 is 35.1 Å². The molecule has 0 saturated heterocycles. The predicted octanol–water partition coefficient (Wildman–Crippen LogP) is 0.200. The normalized spacial score (nSPS) is 13.2. The van der Waals surface area contributed by atoms with Crippen LogP contribution in [0.5, 0.6) is 0 Å². The third kappa shape index (κ3) is 8.46. The zero-order valence-corrected chi connectivity index (χ0v) is 13.3. The second-order valence-electron chi connectivity index (χ2n) is 4.77. The summed E-state index contributed by atoms with van der Waals surface area (Å²) in [5.74, 6) is -1.82. The van der Waals surface area contributed by atoms with Gasteiger partial charge >= 0.3 is 5.97 Å². The molecule has 0 saturated carbocycles. The summed E-state index contributed by atoms with van der Waals surface area (Å²) in [6.07, 6.45) is -0.291. The lowest BCUT2D eigenvalue weighted by molar-refractivity contribution is -0.154. The number of carbonyl (C=O) groups excluding carboxylic acids is 1. The quantitative estimate of drug-likeness (QED) is 0.361. The first-order valence-corrected chi connectivity index (χ1v) is 9.08. The van der Waals surface area contributed by atoms with E-state index in [4.69, 9.17) is 9.29 Å². The molecule has 0 atom stereocenters. The predicted molar refractivity (Wildman–Crippen MR) is 71.2 cm³/mol. The molecular weight excluding hydrogens is 312 g/mol. The summed E-state index contributed by atoms with van der Waals surface area (Å²) in [5.41, 5.74) is -1.13. The highest BCUT2D eigenvalue weighted by Crippen LogP contribution is 2.19. The van der Waals surface area contributed by atoms with Crippen LogP contribution in [0.25, 0.3) is 0 Å². The summed E-state index contributed by atoms with van der Waals surface area (Å²) in [6, 6.07) is 0. The van der Waals surface area contributed by atoms with E-state index in [0.29, 0.717) is 0 Å². The van der Waals surface area contributed by atoms with Gasteiger partial charge in [0.25, 0.3) is 20.2 Å². The van der Waals surface area contributed by atoms with Gasteiger partial charge in [0.15, 0.2) is 0 Å². The Morgan fingerprint density at radius 1 is 1.15 bits per heavy atom. The maximum atomic E-state index is 11.5. The van der Waals surface area contributed by atoms with Crippen LogP contribution < -0.4 is 0 Å². The van der Waals surface area contributed by atoms with Gasteiger partial charge < -0.3 is 4.74 Å². The topological polar surface area (TPSA) is 124 Å². The number of carbonyl (C=O) groups is 1. The van der Waals surface area contributed by atoms with E-state index in [2.05, 4.69) is 4.18 Å². The summed E-state index contributed by atoms with van der Waals surface area (Å²) in [5, 5.41) is 0. The highest BCUT2D eigenvalue weighted by Gasteiger charge is 2.31. The fourth-order valence-electron chi connectivity index (χ4n) is 1.10. The van der Waals surface area contributed by atoms with Crippen LogP contribution in [0.3, 0.4) is 0 Å². The average Bonchev–Trinajstić information content (AvgIpc) is 2.25. The summed E-state index contributed by atoms with van der Waals surface area (Å²) >= 11 is 0. The third-order valence-electron chi connectivity index (χ3n) is 2.22. The molecule has 0 aliphatic heterocycles. The van der Waals surface area contributed by atoms with Crippen LogP contribution in [0.2, 0.25) is 0 Å². The van der Waals surface area contributed by atoms with E-state index in [1.807, 2.05) is 0 Å². The maximum absolute atomic E-state index is 11.5. The molecule has 10 heteroatoms. The van der Waals surface area contributed by atoms with Crippen molar-refractivity contribution in [2.24, 2.45) is 5.41 Å². The lowest BCUT2D eigenvalue weighted by Crippen LogP contribution is -2.33. The standard InChI is InChI=1S/C10H20O8S2/c1-4-17-9(11)10(2,3)8-18-20(15,16)7-5-6-19(12,13)14/h4-8H2,1-3H3,(H,12,13,14). The van der Waals surface area contributed by atoms with Crippen molar-refractivity contribution in [1.82, 2.24) is 0 Å². The molecule has 20 heavy (non-hydrogen) atoms. The minimum absolute atomic E-state index is 0.170. The van der Waals surface area contributed by atoms with Gasteiger partial charge in [0.05, 0.1) is 30.1 Å². The Labute approximate surface area is 119 Å². The van der Waals surface area contributed by atoms with Gasteiger partial charge in [-0.2, -0.15) is 16.8 Å². The molecule has 0 aromatic carbocycles. The molecule has 0 aromatic heterocycles. The minimum atomic E-state index is -4.20. The van der Waals surface area contributed by atoms with Gasteiger partial charge in [-0.1, -0.05) is 0 Å². The maximum Gasteiger partial charge on any atom is 0.313 e. The molecule has 0 heterocycles. The minimum Gasteiger partial charge on any atom is -0.466 e. The first-order valence-electron chi connectivity index (χ1n) is 5.89.